The van der Waals surface area contributed by atoms with Gasteiger partial charge in [-0.05, 0) is 37.0 Å². The molecule has 0 bridgehead atoms. The molecule has 0 aliphatic carbocycles. The molecule has 17 heteroatoms. The van der Waals surface area contributed by atoms with Crippen molar-refractivity contribution in [1.82, 2.24) is 24.8 Å². The highest BCUT2D eigenvalue weighted by molar-refractivity contribution is 5.94. The number of anilines is 2. The van der Waals surface area contributed by atoms with Crippen molar-refractivity contribution in [1.29, 1.82) is 0 Å². The second kappa shape index (κ2) is 12.9. The lowest BCUT2D eigenvalue weighted by atomic mass is 9.94. The van der Waals surface area contributed by atoms with Gasteiger partial charge in [0.15, 0.2) is 0 Å². The molecule has 0 spiro atoms. The minimum atomic E-state index is -5.08. The topological polar surface area (TPSA) is 161 Å². The fourth-order valence-electron chi connectivity index (χ4n) is 4.24. The van der Waals surface area contributed by atoms with Gasteiger partial charge in [0.05, 0.1) is 17.6 Å². The Hall–Kier alpha value is -4.70. The van der Waals surface area contributed by atoms with E-state index in [2.05, 4.69) is 20.3 Å². The Balaban J connectivity index is 0.000000289. The molecule has 226 valence electrons. The van der Waals surface area contributed by atoms with Crippen LogP contribution >= 0.6 is 0 Å². The van der Waals surface area contributed by atoms with Gasteiger partial charge in [0.1, 0.15) is 17.3 Å². The van der Waals surface area contributed by atoms with E-state index in [1.54, 1.807) is 19.3 Å². The van der Waals surface area contributed by atoms with Crippen LogP contribution in [0.1, 0.15) is 25.6 Å². The lowest BCUT2D eigenvalue weighted by molar-refractivity contribution is -0.193. The summed E-state index contributed by atoms with van der Waals surface area (Å²) in [6.45, 7) is 3.33. The number of aromatic nitrogens is 4. The Morgan fingerprint density at radius 3 is 2.26 bits per heavy atom. The monoisotopic (exact) mass is 602 g/mol. The van der Waals surface area contributed by atoms with E-state index in [-0.39, 0.29) is 5.91 Å². The normalized spacial score (nSPS) is 15.6. The molecule has 42 heavy (non-hydrogen) atoms. The number of amides is 1. The van der Waals surface area contributed by atoms with Crippen molar-refractivity contribution in [3.63, 3.8) is 0 Å². The van der Waals surface area contributed by atoms with Crippen molar-refractivity contribution in [2.45, 2.75) is 38.5 Å². The molecule has 1 atom stereocenters. The first-order valence-corrected chi connectivity index (χ1v) is 12.2. The fraction of sp³-hybridized carbons (Fsp3) is 0.360. The van der Waals surface area contributed by atoms with Gasteiger partial charge >= 0.3 is 24.3 Å². The molecule has 1 fully saturated rings. The smallest absolute Gasteiger partial charge is 0.475 e. The molecule has 2 aliphatic heterocycles. The number of carbonyl (C=O) groups excluding carboxylic acids is 1. The molecule has 0 aromatic carbocycles. The van der Waals surface area contributed by atoms with Crippen LogP contribution in [0.5, 0.6) is 0 Å². The van der Waals surface area contributed by atoms with Crippen LogP contribution in [0.3, 0.4) is 0 Å². The number of fused-ring (bicyclic) bond motifs is 5. The number of hydrogen-bond donors (Lipinski definition) is 4. The summed E-state index contributed by atoms with van der Waals surface area (Å²) in [7, 11) is 0. The maximum atomic E-state index is 11.8. The second-order valence-corrected chi connectivity index (χ2v) is 9.14. The molecule has 1 unspecified atom stereocenters. The van der Waals surface area contributed by atoms with Gasteiger partial charge in [0.25, 0.3) is 0 Å². The molecule has 1 saturated heterocycles. The van der Waals surface area contributed by atoms with Crippen LogP contribution in [0.25, 0.3) is 22.5 Å². The van der Waals surface area contributed by atoms with Crippen molar-refractivity contribution in [3.8, 4) is 22.5 Å². The third-order valence-corrected chi connectivity index (χ3v) is 6.09. The van der Waals surface area contributed by atoms with Crippen LogP contribution in [0.15, 0.2) is 36.8 Å². The third kappa shape index (κ3) is 8.17. The van der Waals surface area contributed by atoms with Crippen molar-refractivity contribution in [2.24, 2.45) is 5.92 Å². The number of aliphatic carboxylic acids is 2. The fourth-order valence-corrected chi connectivity index (χ4v) is 4.24. The summed E-state index contributed by atoms with van der Waals surface area (Å²) < 4.78 is 63.5. The van der Waals surface area contributed by atoms with Crippen LogP contribution in [-0.2, 0) is 20.8 Å². The molecule has 5 rings (SSSR count). The number of aromatic amines is 1. The number of halogens is 6. The molecule has 0 saturated carbocycles. The molecule has 0 radical (unpaired) electrons. The first-order valence-electron chi connectivity index (χ1n) is 12.2. The van der Waals surface area contributed by atoms with Crippen LogP contribution in [0, 0.1) is 5.92 Å². The molecule has 4 N–H and O–H groups in total. The number of hydrogen-bond acceptors (Lipinski definition) is 7. The van der Waals surface area contributed by atoms with E-state index in [9.17, 15) is 31.1 Å². The average Bonchev–Trinajstić information content (AvgIpc) is 3.27. The number of piperidine rings is 1. The molecular formula is C25H24F6N6O5. The van der Waals surface area contributed by atoms with Crippen LogP contribution in [0.2, 0.25) is 0 Å². The minimum Gasteiger partial charge on any atom is -0.475 e. The van der Waals surface area contributed by atoms with Gasteiger partial charge in [-0.1, -0.05) is 0 Å². The van der Waals surface area contributed by atoms with E-state index in [1.165, 1.54) is 0 Å². The summed E-state index contributed by atoms with van der Waals surface area (Å²) in [5, 5.41) is 17.6. The summed E-state index contributed by atoms with van der Waals surface area (Å²) in [5.41, 5.74) is 4.83. The van der Waals surface area contributed by atoms with Crippen LogP contribution in [0.4, 0.5) is 37.8 Å². The molecule has 11 nitrogen and oxygen atoms in total. The SMILES string of the molecule is CC(=O)N1CCCC(Cc2nc3c([nH]2)-c2ccncc2Nc2ncccc2-3)C1.O=C(O)C(F)(F)F.O=C(O)C(F)(F)F. The van der Waals surface area contributed by atoms with Crippen LogP contribution < -0.4 is 5.32 Å². The Bertz CT molecular complexity index is 1350. The maximum absolute atomic E-state index is 11.8. The maximum Gasteiger partial charge on any atom is 0.490 e. The molecule has 5 heterocycles. The van der Waals surface area contributed by atoms with Crippen molar-refractivity contribution < 1.29 is 50.9 Å². The number of H-pyrrole nitrogens is 1. The van der Waals surface area contributed by atoms with E-state index in [4.69, 9.17) is 24.8 Å². The molecule has 1 amide bonds. The number of carbonyl (C=O) groups is 3. The van der Waals surface area contributed by atoms with E-state index in [0.29, 0.717) is 5.92 Å². The number of rotatable bonds is 2. The van der Waals surface area contributed by atoms with E-state index in [0.717, 1.165) is 72.2 Å². The third-order valence-electron chi connectivity index (χ3n) is 6.09. The Labute approximate surface area is 233 Å². The van der Waals surface area contributed by atoms with Gasteiger partial charge in [-0.2, -0.15) is 26.3 Å². The van der Waals surface area contributed by atoms with Gasteiger partial charge in [0.2, 0.25) is 5.91 Å². The molecule has 3 aromatic heterocycles. The van der Waals surface area contributed by atoms with Crippen LogP contribution in [-0.4, -0.2) is 78.3 Å². The quantitative estimate of drug-likeness (QED) is 0.239. The highest BCUT2D eigenvalue weighted by atomic mass is 19.4. The lowest BCUT2D eigenvalue weighted by Gasteiger charge is -2.31. The highest BCUT2D eigenvalue weighted by Crippen LogP contribution is 2.41. The minimum absolute atomic E-state index is 0.160. The number of imidazole rings is 1. The number of carboxylic acids is 2. The van der Waals surface area contributed by atoms with Gasteiger partial charge in [-0.25, -0.2) is 19.6 Å². The molecule has 3 aromatic rings. The number of carboxylic acid groups (broad SMARTS) is 2. The van der Waals surface area contributed by atoms with Gasteiger partial charge < -0.3 is 25.4 Å². The number of pyridine rings is 2. The standard InChI is InChI=1S/C21H22N6O.2C2HF3O2/c1-13(28)27-9-3-4-14(12-27)10-18-25-19-15-6-8-22-11-17(15)24-21-16(20(19)26-18)5-2-7-23-21;2*3-2(4,5)1(6)7/h2,5-8,11,14H,3-4,9-10,12H2,1H3,(H,23,24)(H,25,26);2*(H,6,7). The zero-order valence-electron chi connectivity index (χ0n) is 21.8. The number of nitrogens with zero attached hydrogens (tertiary/aromatic N) is 4. The van der Waals surface area contributed by atoms with Crippen molar-refractivity contribution >= 4 is 29.4 Å². The summed E-state index contributed by atoms with van der Waals surface area (Å²) in [5.74, 6) is -3.18. The number of likely N-dealkylation sites (tertiary alicyclic amines) is 1. The first kappa shape index (κ1) is 31.8. The largest absolute Gasteiger partial charge is 0.490 e. The summed E-state index contributed by atoms with van der Waals surface area (Å²) >= 11 is 0. The summed E-state index contributed by atoms with van der Waals surface area (Å²) in [4.78, 5) is 48.7. The summed E-state index contributed by atoms with van der Waals surface area (Å²) in [6, 6.07) is 5.96. The van der Waals surface area contributed by atoms with Gasteiger partial charge in [0, 0.05) is 50.0 Å². The van der Waals surface area contributed by atoms with E-state index in [1.807, 2.05) is 29.3 Å². The summed E-state index contributed by atoms with van der Waals surface area (Å²) in [6.07, 6.45) is -1.78. The predicted octanol–water partition coefficient (Wildman–Crippen LogP) is 4.66. The zero-order chi connectivity index (χ0) is 31.2. The number of nitrogens with one attached hydrogen (secondary N) is 2. The van der Waals surface area contributed by atoms with Gasteiger partial charge in [-0.15, -0.1) is 0 Å². The van der Waals surface area contributed by atoms with E-state index >= 15 is 0 Å². The Morgan fingerprint density at radius 1 is 1.02 bits per heavy atom. The molecule has 2 aliphatic rings. The highest BCUT2D eigenvalue weighted by Gasteiger charge is 2.39. The predicted molar refractivity (Wildman–Crippen MR) is 134 cm³/mol. The van der Waals surface area contributed by atoms with Gasteiger partial charge in [-0.3, -0.25) is 9.78 Å². The Kier molecular flexibility index (Phi) is 9.75. The molecular weight excluding hydrogens is 578 g/mol. The zero-order valence-corrected chi connectivity index (χ0v) is 21.8. The Morgan fingerprint density at radius 2 is 1.67 bits per heavy atom. The average molecular weight is 602 g/mol. The second-order valence-electron chi connectivity index (χ2n) is 9.14. The number of alkyl halides is 6. The lowest BCUT2D eigenvalue weighted by Crippen LogP contribution is -2.39. The van der Waals surface area contributed by atoms with Crippen molar-refractivity contribution in [2.75, 3.05) is 18.4 Å². The first-order chi connectivity index (χ1) is 19.6. The van der Waals surface area contributed by atoms with E-state index < -0.39 is 24.3 Å². The van der Waals surface area contributed by atoms with Crippen molar-refractivity contribution in [3.05, 3.63) is 42.6 Å².